The van der Waals surface area contributed by atoms with Crippen LogP contribution >= 0.6 is 0 Å². The van der Waals surface area contributed by atoms with Gasteiger partial charge in [0.25, 0.3) is 0 Å². The topological polar surface area (TPSA) is 89.3 Å². The van der Waals surface area contributed by atoms with E-state index in [1.807, 2.05) is 30.3 Å². The Hall–Kier alpha value is -3.87. The molecular formula is C27H30N4O3. The van der Waals surface area contributed by atoms with Gasteiger partial charge in [-0.05, 0) is 55.2 Å². The monoisotopic (exact) mass is 458 g/mol. The van der Waals surface area contributed by atoms with Gasteiger partial charge >= 0.3 is 5.97 Å². The smallest absolute Gasteiger partial charge is 0.335 e. The summed E-state index contributed by atoms with van der Waals surface area (Å²) in [5.74, 6) is 1.05. The van der Waals surface area contributed by atoms with Crippen molar-refractivity contribution in [3.63, 3.8) is 0 Å². The zero-order valence-electron chi connectivity index (χ0n) is 20.0. The van der Waals surface area contributed by atoms with Crippen LogP contribution in [0, 0.1) is 12.8 Å². The maximum absolute atomic E-state index is 11.6. The minimum atomic E-state index is -0.905. The number of carbonyl (C=O) groups is 1. The average Bonchev–Trinajstić information content (AvgIpc) is 3.14. The van der Waals surface area contributed by atoms with Crippen molar-refractivity contribution in [1.29, 1.82) is 0 Å². The number of hydrogen-bond donors (Lipinski definition) is 2. The van der Waals surface area contributed by atoms with E-state index in [1.54, 1.807) is 13.2 Å². The van der Waals surface area contributed by atoms with Crippen molar-refractivity contribution < 1.29 is 14.6 Å². The van der Waals surface area contributed by atoms with Crippen LogP contribution in [0.3, 0.4) is 0 Å². The predicted octanol–water partition coefficient (Wildman–Crippen LogP) is 5.42. The number of aromatic carboxylic acids is 1. The van der Waals surface area contributed by atoms with Crippen LogP contribution in [0.25, 0.3) is 22.2 Å². The van der Waals surface area contributed by atoms with Gasteiger partial charge in [0.15, 0.2) is 0 Å². The highest BCUT2D eigenvalue weighted by atomic mass is 16.5. The summed E-state index contributed by atoms with van der Waals surface area (Å²) in [5, 5.41) is 14.0. The van der Waals surface area contributed by atoms with Gasteiger partial charge in [-0.25, -0.2) is 14.8 Å². The molecule has 0 bridgehead atoms. The summed E-state index contributed by atoms with van der Waals surface area (Å²) in [5.41, 5.74) is 5.10. The van der Waals surface area contributed by atoms with Crippen molar-refractivity contribution in [3.05, 3.63) is 71.7 Å². The maximum atomic E-state index is 11.6. The molecule has 7 nitrogen and oxygen atoms in total. The first-order chi connectivity index (χ1) is 16.4. The zero-order valence-corrected chi connectivity index (χ0v) is 20.0. The minimum Gasteiger partial charge on any atom is -0.496 e. The van der Waals surface area contributed by atoms with Crippen LogP contribution < -0.4 is 10.1 Å². The molecule has 4 rings (SSSR count). The molecule has 0 aliphatic heterocycles. The standard InChI is InChI=1S/C27H30N4O3/c1-17(2)12-20-14-19(8-9-21(20)27(32)33)23-15-26(30-16-29-23)28-10-11-31-18(3)13-22-24(31)6-5-7-25(22)34-4/h5-9,13-17H,10-12H2,1-4H3,(H,32,33)(H,28,29,30). The number of ether oxygens (including phenoxy) is 1. The molecule has 0 saturated carbocycles. The largest absolute Gasteiger partial charge is 0.496 e. The SMILES string of the molecule is COc1cccc2c1cc(C)n2CCNc1cc(-c2ccc(C(=O)O)c(CC(C)C)c2)ncn1. The van der Waals surface area contributed by atoms with Crippen LogP contribution in [0.2, 0.25) is 0 Å². The van der Waals surface area contributed by atoms with E-state index in [9.17, 15) is 9.90 Å². The maximum Gasteiger partial charge on any atom is 0.335 e. The Morgan fingerprint density at radius 1 is 1.15 bits per heavy atom. The first-order valence-electron chi connectivity index (χ1n) is 11.4. The fourth-order valence-electron chi connectivity index (χ4n) is 4.34. The molecule has 2 aromatic carbocycles. The van der Waals surface area contributed by atoms with Gasteiger partial charge in [-0.1, -0.05) is 26.0 Å². The summed E-state index contributed by atoms with van der Waals surface area (Å²) < 4.78 is 7.76. The molecule has 2 N–H and O–H groups in total. The third-order valence-electron chi connectivity index (χ3n) is 5.90. The van der Waals surface area contributed by atoms with E-state index in [0.717, 1.165) is 45.8 Å². The van der Waals surface area contributed by atoms with Crippen LogP contribution in [0.5, 0.6) is 5.75 Å². The van der Waals surface area contributed by atoms with Crippen molar-refractivity contribution in [1.82, 2.24) is 14.5 Å². The van der Waals surface area contributed by atoms with Crippen LogP contribution in [0.1, 0.15) is 35.5 Å². The number of aromatic nitrogens is 3. The lowest BCUT2D eigenvalue weighted by Crippen LogP contribution is -2.12. The third-order valence-corrected chi connectivity index (χ3v) is 5.90. The number of carboxylic acids is 1. The number of aryl methyl sites for hydroxylation is 1. The molecule has 34 heavy (non-hydrogen) atoms. The van der Waals surface area contributed by atoms with E-state index in [4.69, 9.17) is 4.74 Å². The second-order valence-electron chi connectivity index (χ2n) is 8.82. The highest BCUT2D eigenvalue weighted by Gasteiger charge is 2.14. The number of nitrogens with one attached hydrogen (secondary N) is 1. The van der Waals surface area contributed by atoms with Crippen LogP contribution in [-0.2, 0) is 13.0 Å². The number of nitrogens with zero attached hydrogens (tertiary/aromatic N) is 3. The Morgan fingerprint density at radius 2 is 1.97 bits per heavy atom. The molecule has 0 radical (unpaired) electrons. The van der Waals surface area contributed by atoms with Gasteiger partial charge in [0, 0.05) is 35.8 Å². The Morgan fingerprint density at radius 3 is 2.71 bits per heavy atom. The first-order valence-corrected chi connectivity index (χ1v) is 11.4. The normalized spacial score (nSPS) is 11.2. The van der Waals surface area contributed by atoms with Crippen molar-refractivity contribution >= 4 is 22.7 Å². The number of rotatable bonds is 9. The summed E-state index contributed by atoms with van der Waals surface area (Å²) in [7, 11) is 1.69. The third kappa shape index (κ3) is 4.88. The minimum absolute atomic E-state index is 0.343. The fourth-order valence-corrected chi connectivity index (χ4v) is 4.34. The number of methoxy groups -OCH3 is 1. The van der Waals surface area contributed by atoms with Gasteiger partial charge in [-0.3, -0.25) is 0 Å². The van der Waals surface area contributed by atoms with E-state index in [2.05, 4.69) is 52.8 Å². The van der Waals surface area contributed by atoms with Gasteiger partial charge < -0.3 is 19.7 Å². The van der Waals surface area contributed by atoms with Crippen molar-refractivity contribution in [2.24, 2.45) is 5.92 Å². The molecule has 0 unspecified atom stereocenters. The van der Waals surface area contributed by atoms with Gasteiger partial charge in [0.05, 0.1) is 23.9 Å². The Labute approximate surface area is 199 Å². The number of hydrogen-bond acceptors (Lipinski definition) is 5. The number of anilines is 1. The molecule has 2 heterocycles. The fraction of sp³-hybridized carbons (Fsp3) is 0.296. The summed E-state index contributed by atoms with van der Waals surface area (Å²) in [6.07, 6.45) is 2.23. The van der Waals surface area contributed by atoms with Gasteiger partial charge in [-0.15, -0.1) is 0 Å². The number of benzene rings is 2. The van der Waals surface area contributed by atoms with E-state index >= 15 is 0 Å². The summed E-state index contributed by atoms with van der Waals surface area (Å²) >= 11 is 0. The molecule has 2 aromatic heterocycles. The lowest BCUT2D eigenvalue weighted by Gasteiger charge is -2.13. The lowest BCUT2D eigenvalue weighted by molar-refractivity contribution is 0.0695. The Kier molecular flexibility index (Phi) is 6.82. The first kappa shape index (κ1) is 23.3. The van der Waals surface area contributed by atoms with Crippen molar-refractivity contribution in [3.8, 4) is 17.0 Å². The molecular weight excluding hydrogens is 428 g/mol. The van der Waals surface area contributed by atoms with Gasteiger partial charge in [0.1, 0.15) is 17.9 Å². The second-order valence-corrected chi connectivity index (χ2v) is 8.82. The molecule has 0 aliphatic carbocycles. The van der Waals surface area contributed by atoms with Crippen molar-refractivity contribution in [2.75, 3.05) is 19.0 Å². The van der Waals surface area contributed by atoms with E-state index in [1.165, 1.54) is 12.0 Å². The van der Waals surface area contributed by atoms with Crippen LogP contribution in [0.4, 0.5) is 5.82 Å². The highest BCUT2D eigenvalue weighted by Crippen LogP contribution is 2.28. The average molecular weight is 459 g/mol. The summed E-state index contributed by atoms with van der Waals surface area (Å²) in [6, 6.07) is 15.5. The molecule has 0 spiro atoms. The Bertz CT molecular complexity index is 1330. The molecule has 4 aromatic rings. The molecule has 0 amide bonds. The van der Waals surface area contributed by atoms with Crippen LogP contribution in [-0.4, -0.2) is 39.3 Å². The predicted molar refractivity (Wildman–Crippen MR) is 135 cm³/mol. The van der Waals surface area contributed by atoms with Gasteiger partial charge in [-0.2, -0.15) is 0 Å². The van der Waals surface area contributed by atoms with E-state index in [-0.39, 0.29) is 0 Å². The molecule has 0 fully saturated rings. The molecule has 0 atom stereocenters. The molecule has 0 saturated heterocycles. The Balaban J connectivity index is 1.52. The number of fused-ring (bicyclic) bond motifs is 1. The van der Waals surface area contributed by atoms with Crippen LogP contribution in [0.15, 0.2) is 54.9 Å². The van der Waals surface area contributed by atoms with E-state index in [0.29, 0.717) is 24.4 Å². The zero-order chi connectivity index (χ0) is 24.2. The highest BCUT2D eigenvalue weighted by molar-refractivity contribution is 5.90. The quantitative estimate of drug-likeness (QED) is 0.348. The lowest BCUT2D eigenvalue weighted by atomic mass is 9.95. The van der Waals surface area contributed by atoms with Gasteiger partial charge in [0.2, 0.25) is 0 Å². The molecule has 176 valence electrons. The van der Waals surface area contributed by atoms with Crippen molar-refractivity contribution in [2.45, 2.75) is 33.7 Å². The summed E-state index contributed by atoms with van der Waals surface area (Å²) in [4.78, 5) is 20.4. The molecule has 0 aliphatic rings. The number of carboxylic acid groups (broad SMARTS) is 1. The summed E-state index contributed by atoms with van der Waals surface area (Å²) in [6.45, 7) is 7.72. The molecule has 7 heteroatoms. The van der Waals surface area contributed by atoms with E-state index < -0.39 is 5.97 Å². The second kappa shape index (κ2) is 9.95.